The molecule has 0 spiro atoms. The Hall–Kier alpha value is -0.530. The largest absolute Gasteiger partial charge is 0.339 e. The molecule has 2 fully saturated rings. The Morgan fingerprint density at radius 2 is 2.00 bits per heavy atom. The van der Waals surface area contributed by atoms with Crippen molar-refractivity contribution in [2.75, 3.05) is 6.54 Å². The van der Waals surface area contributed by atoms with Gasteiger partial charge in [-0.05, 0) is 12.8 Å². The lowest BCUT2D eigenvalue weighted by Gasteiger charge is -2.41. The Kier molecular flexibility index (Phi) is 1.63. The second-order valence-corrected chi connectivity index (χ2v) is 3.83. The topological polar surface area (TPSA) is 20.3 Å². The number of carbonyl (C=O) groups excluding carboxylic acids is 1. The molecule has 0 aromatic carbocycles. The SMILES string of the molecule is CC1CN(C2CCCC2)C1=O. The summed E-state index contributed by atoms with van der Waals surface area (Å²) >= 11 is 0. The van der Waals surface area contributed by atoms with Crippen LogP contribution in [0, 0.1) is 5.92 Å². The zero-order valence-electron chi connectivity index (χ0n) is 7.05. The Balaban J connectivity index is 1.92. The maximum absolute atomic E-state index is 11.3. The highest BCUT2D eigenvalue weighted by molar-refractivity contribution is 5.84. The molecule has 1 aliphatic carbocycles. The smallest absolute Gasteiger partial charge is 0.227 e. The number of rotatable bonds is 1. The first-order chi connectivity index (χ1) is 5.29. The van der Waals surface area contributed by atoms with E-state index < -0.39 is 0 Å². The molecule has 2 nitrogen and oxygen atoms in total. The van der Waals surface area contributed by atoms with Crippen molar-refractivity contribution in [1.82, 2.24) is 4.90 Å². The van der Waals surface area contributed by atoms with Gasteiger partial charge in [0.25, 0.3) is 0 Å². The van der Waals surface area contributed by atoms with Gasteiger partial charge < -0.3 is 4.90 Å². The maximum atomic E-state index is 11.3. The number of carbonyl (C=O) groups is 1. The van der Waals surface area contributed by atoms with E-state index in [9.17, 15) is 4.79 Å². The maximum Gasteiger partial charge on any atom is 0.227 e. The molecule has 11 heavy (non-hydrogen) atoms. The average Bonchev–Trinajstić information content (AvgIpc) is 2.51. The van der Waals surface area contributed by atoms with E-state index in [0.29, 0.717) is 17.9 Å². The third kappa shape index (κ3) is 1.05. The highest BCUT2D eigenvalue weighted by Gasteiger charge is 2.38. The minimum absolute atomic E-state index is 0.315. The molecule has 0 aromatic heterocycles. The predicted molar refractivity (Wildman–Crippen MR) is 43.1 cm³/mol. The normalized spacial score (nSPS) is 32.6. The summed E-state index contributed by atoms with van der Waals surface area (Å²) in [5.74, 6) is 0.701. The van der Waals surface area contributed by atoms with Crippen LogP contribution in [-0.4, -0.2) is 23.4 Å². The van der Waals surface area contributed by atoms with Crippen LogP contribution in [0.5, 0.6) is 0 Å². The average molecular weight is 153 g/mol. The summed E-state index contributed by atoms with van der Waals surface area (Å²) in [6.07, 6.45) is 5.14. The van der Waals surface area contributed by atoms with Crippen molar-refractivity contribution >= 4 is 5.91 Å². The van der Waals surface area contributed by atoms with Crippen LogP contribution in [0.15, 0.2) is 0 Å². The van der Waals surface area contributed by atoms with Crippen LogP contribution in [0.4, 0.5) is 0 Å². The van der Waals surface area contributed by atoms with Crippen LogP contribution in [0.1, 0.15) is 32.6 Å². The summed E-state index contributed by atoms with van der Waals surface area (Å²) in [6, 6.07) is 0.610. The van der Waals surface area contributed by atoms with E-state index in [4.69, 9.17) is 0 Å². The lowest BCUT2D eigenvalue weighted by molar-refractivity contribution is -0.150. The van der Waals surface area contributed by atoms with Gasteiger partial charge in [0.05, 0.1) is 5.92 Å². The minimum atomic E-state index is 0.315. The van der Waals surface area contributed by atoms with Gasteiger partial charge in [0, 0.05) is 12.6 Å². The zero-order chi connectivity index (χ0) is 7.84. The lowest BCUT2D eigenvalue weighted by atomic mass is 9.98. The minimum Gasteiger partial charge on any atom is -0.339 e. The molecule has 2 aliphatic rings. The van der Waals surface area contributed by atoms with Crippen LogP contribution in [0.2, 0.25) is 0 Å². The summed E-state index contributed by atoms with van der Waals surface area (Å²) < 4.78 is 0. The van der Waals surface area contributed by atoms with E-state index >= 15 is 0 Å². The fraction of sp³-hybridized carbons (Fsp3) is 0.889. The molecule has 0 N–H and O–H groups in total. The molecule has 1 atom stereocenters. The van der Waals surface area contributed by atoms with Gasteiger partial charge in [0.1, 0.15) is 0 Å². The van der Waals surface area contributed by atoms with Crippen molar-refractivity contribution < 1.29 is 4.79 Å². The second kappa shape index (κ2) is 2.50. The molecule has 1 saturated heterocycles. The van der Waals surface area contributed by atoms with Crippen LogP contribution < -0.4 is 0 Å². The fourth-order valence-corrected chi connectivity index (χ4v) is 2.18. The summed E-state index contributed by atoms with van der Waals surface area (Å²) in [4.78, 5) is 13.3. The van der Waals surface area contributed by atoms with Crippen molar-refractivity contribution in [2.24, 2.45) is 5.92 Å². The fourth-order valence-electron chi connectivity index (χ4n) is 2.18. The monoisotopic (exact) mass is 153 g/mol. The molecule has 0 aromatic rings. The van der Waals surface area contributed by atoms with E-state index in [1.165, 1.54) is 25.7 Å². The van der Waals surface area contributed by atoms with Crippen LogP contribution in [-0.2, 0) is 4.79 Å². The molecule has 1 saturated carbocycles. The van der Waals surface area contributed by atoms with E-state index in [1.807, 2.05) is 6.92 Å². The summed E-state index contributed by atoms with van der Waals surface area (Å²) in [5, 5.41) is 0. The Labute approximate surface area is 67.6 Å². The van der Waals surface area contributed by atoms with Gasteiger partial charge in [-0.3, -0.25) is 4.79 Å². The highest BCUT2D eigenvalue weighted by atomic mass is 16.2. The predicted octanol–water partition coefficient (Wildman–Crippen LogP) is 1.41. The first kappa shape index (κ1) is 7.14. The van der Waals surface area contributed by atoms with Crippen LogP contribution >= 0.6 is 0 Å². The number of hydrogen-bond acceptors (Lipinski definition) is 1. The van der Waals surface area contributed by atoms with E-state index in [-0.39, 0.29) is 0 Å². The summed E-state index contributed by atoms with van der Waals surface area (Å²) in [7, 11) is 0. The van der Waals surface area contributed by atoms with Crippen molar-refractivity contribution in [2.45, 2.75) is 38.6 Å². The highest BCUT2D eigenvalue weighted by Crippen LogP contribution is 2.29. The molecule has 2 heteroatoms. The number of nitrogens with zero attached hydrogens (tertiary/aromatic N) is 1. The van der Waals surface area contributed by atoms with Gasteiger partial charge >= 0.3 is 0 Å². The van der Waals surface area contributed by atoms with Gasteiger partial charge in [0.2, 0.25) is 5.91 Å². The first-order valence-corrected chi connectivity index (χ1v) is 4.59. The third-order valence-electron chi connectivity index (χ3n) is 2.94. The van der Waals surface area contributed by atoms with E-state index in [0.717, 1.165) is 6.54 Å². The Morgan fingerprint density at radius 1 is 1.36 bits per heavy atom. The molecule has 0 bridgehead atoms. The standard InChI is InChI=1S/C9H15NO/c1-7-6-10(9(7)11)8-4-2-3-5-8/h7-8H,2-6H2,1H3. The van der Waals surface area contributed by atoms with Gasteiger partial charge in [-0.25, -0.2) is 0 Å². The van der Waals surface area contributed by atoms with Crippen LogP contribution in [0.3, 0.4) is 0 Å². The molecular weight excluding hydrogens is 138 g/mol. The van der Waals surface area contributed by atoms with E-state index in [2.05, 4.69) is 4.90 Å². The van der Waals surface area contributed by atoms with Crippen molar-refractivity contribution in [1.29, 1.82) is 0 Å². The zero-order valence-corrected chi connectivity index (χ0v) is 7.05. The number of hydrogen-bond donors (Lipinski definition) is 0. The number of β-lactam (4-membered cyclic amide) rings is 1. The molecule has 1 aliphatic heterocycles. The Bertz CT molecular complexity index is 172. The third-order valence-corrected chi connectivity index (χ3v) is 2.94. The molecule has 2 rings (SSSR count). The second-order valence-electron chi connectivity index (χ2n) is 3.83. The summed E-state index contributed by atoms with van der Waals surface area (Å²) in [5.41, 5.74) is 0. The molecule has 0 radical (unpaired) electrons. The van der Waals surface area contributed by atoms with Crippen LogP contribution in [0.25, 0.3) is 0 Å². The van der Waals surface area contributed by atoms with Gasteiger partial charge in [-0.1, -0.05) is 19.8 Å². The Morgan fingerprint density at radius 3 is 2.45 bits per heavy atom. The van der Waals surface area contributed by atoms with Gasteiger partial charge in [-0.2, -0.15) is 0 Å². The van der Waals surface area contributed by atoms with E-state index in [1.54, 1.807) is 0 Å². The molecule has 62 valence electrons. The first-order valence-electron chi connectivity index (χ1n) is 4.59. The lowest BCUT2D eigenvalue weighted by Crippen LogP contribution is -2.55. The van der Waals surface area contributed by atoms with Gasteiger partial charge in [-0.15, -0.1) is 0 Å². The number of likely N-dealkylation sites (tertiary alicyclic amines) is 1. The molecular formula is C9H15NO. The van der Waals surface area contributed by atoms with Crippen molar-refractivity contribution in [3.63, 3.8) is 0 Å². The van der Waals surface area contributed by atoms with Gasteiger partial charge in [0.15, 0.2) is 0 Å². The summed E-state index contributed by atoms with van der Waals surface area (Å²) in [6.45, 7) is 3.04. The number of amides is 1. The molecule has 1 unspecified atom stereocenters. The molecule has 1 amide bonds. The molecule has 1 heterocycles. The van der Waals surface area contributed by atoms with Crippen molar-refractivity contribution in [3.05, 3.63) is 0 Å². The van der Waals surface area contributed by atoms with Crippen molar-refractivity contribution in [3.8, 4) is 0 Å². The quantitative estimate of drug-likeness (QED) is 0.521.